The summed E-state index contributed by atoms with van der Waals surface area (Å²) >= 11 is 0. The molecule has 3 aromatic rings. The number of aromatic carboxylic acids is 1. The van der Waals surface area contributed by atoms with Crippen molar-refractivity contribution in [2.45, 2.75) is 39.3 Å². The van der Waals surface area contributed by atoms with Gasteiger partial charge in [0.15, 0.2) is 0 Å². The molecule has 0 atom stereocenters. The normalized spacial score (nSPS) is 10.9. The van der Waals surface area contributed by atoms with Crippen molar-refractivity contribution in [2.24, 2.45) is 0 Å². The Balaban J connectivity index is 1.99. The number of rotatable bonds is 9. The number of nitrogens with zero attached hydrogens (tertiary/aromatic N) is 2. The molecule has 0 radical (unpaired) electrons. The zero-order valence-corrected chi connectivity index (χ0v) is 16.4. The van der Waals surface area contributed by atoms with Crippen LogP contribution in [0.4, 0.5) is 0 Å². The smallest absolute Gasteiger partial charge is 0.336 e. The molecule has 0 fully saturated rings. The lowest BCUT2D eigenvalue weighted by molar-refractivity contribution is 0.0697. The number of hydrogen-bond donors (Lipinski definition) is 1. The highest BCUT2D eigenvalue weighted by Crippen LogP contribution is 2.28. The summed E-state index contributed by atoms with van der Waals surface area (Å²) in [5, 5.41) is 14.3. The first kappa shape index (κ1) is 19.8. The summed E-state index contributed by atoms with van der Waals surface area (Å²) in [6.45, 7) is 3.23. The highest BCUT2D eigenvalue weighted by molar-refractivity contribution is 5.96. The van der Waals surface area contributed by atoms with E-state index in [1.165, 1.54) is 0 Å². The van der Waals surface area contributed by atoms with E-state index in [-0.39, 0.29) is 0 Å². The van der Waals surface area contributed by atoms with Crippen LogP contribution in [0.15, 0.2) is 54.6 Å². The molecular formula is C23H26N2O3. The fourth-order valence-electron chi connectivity index (χ4n) is 3.38. The van der Waals surface area contributed by atoms with Crippen molar-refractivity contribution in [3.8, 4) is 11.1 Å². The Kier molecular flexibility index (Phi) is 6.61. The van der Waals surface area contributed by atoms with E-state index >= 15 is 0 Å². The van der Waals surface area contributed by atoms with Crippen molar-refractivity contribution in [2.75, 3.05) is 7.11 Å². The summed E-state index contributed by atoms with van der Waals surface area (Å²) in [6, 6.07) is 17.1. The second-order valence-corrected chi connectivity index (χ2v) is 6.83. The molecule has 0 spiro atoms. The van der Waals surface area contributed by atoms with Crippen LogP contribution in [-0.2, 0) is 24.3 Å². The number of ether oxygens (including phenoxy) is 1. The van der Waals surface area contributed by atoms with Crippen molar-refractivity contribution < 1.29 is 14.6 Å². The van der Waals surface area contributed by atoms with Gasteiger partial charge in [-0.15, -0.1) is 0 Å². The molecule has 5 heteroatoms. The van der Waals surface area contributed by atoms with Crippen LogP contribution >= 0.6 is 0 Å². The molecule has 0 aliphatic rings. The summed E-state index contributed by atoms with van der Waals surface area (Å²) in [6.07, 6.45) is 3.18. The summed E-state index contributed by atoms with van der Waals surface area (Å²) < 4.78 is 7.32. The van der Waals surface area contributed by atoms with Gasteiger partial charge in [0.25, 0.3) is 0 Å². The number of carboxylic acid groups (broad SMARTS) is 1. The number of carboxylic acids is 1. The van der Waals surface area contributed by atoms with Crippen molar-refractivity contribution in [1.29, 1.82) is 0 Å². The van der Waals surface area contributed by atoms with Crippen molar-refractivity contribution in [3.05, 3.63) is 77.1 Å². The maximum Gasteiger partial charge on any atom is 0.336 e. The van der Waals surface area contributed by atoms with Gasteiger partial charge in [0.2, 0.25) is 0 Å². The van der Waals surface area contributed by atoms with Gasteiger partial charge in [0.05, 0.1) is 30.1 Å². The lowest BCUT2D eigenvalue weighted by atomic mass is 9.95. The first-order valence-corrected chi connectivity index (χ1v) is 9.59. The number of unbranched alkanes of at least 4 members (excludes halogenated alkanes) is 1. The van der Waals surface area contributed by atoms with Crippen molar-refractivity contribution >= 4 is 5.97 Å². The number of aryl methyl sites for hydroxylation is 1. The van der Waals surface area contributed by atoms with Gasteiger partial charge >= 0.3 is 5.97 Å². The Morgan fingerprint density at radius 3 is 2.54 bits per heavy atom. The van der Waals surface area contributed by atoms with Gasteiger partial charge in [-0.3, -0.25) is 4.68 Å². The first-order chi connectivity index (χ1) is 13.6. The second-order valence-electron chi connectivity index (χ2n) is 6.83. The Morgan fingerprint density at radius 1 is 1.11 bits per heavy atom. The minimum atomic E-state index is -0.925. The molecule has 0 unspecified atom stereocenters. The molecule has 0 amide bonds. The second kappa shape index (κ2) is 9.33. The quantitative estimate of drug-likeness (QED) is 0.582. The molecule has 1 aromatic heterocycles. The number of hydrogen-bond acceptors (Lipinski definition) is 3. The van der Waals surface area contributed by atoms with Crippen LogP contribution < -0.4 is 0 Å². The van der Waals surface area contributed by atoms with Gasteiger partial charge in [0.1, 0.15) is 0 Å². The molecule has 28 heavy (non-hydrogen) atoms. The Bertz CT molecular complexity index is 947. The fourth-order valence-corrected chi connectivity index (χ4v) is 3.38. The largest absolute Gasteiger partial charge is 0.478 e. The van der Waals surface area contributed by atoms with Crippen LogP contribution in [-0.4, -0.2) is 28.0 Å². The number of aromatic nitrogens is 2. The maximum atomic E-state index is 11.7. The van der Waals surface area contributed by atoms with E-state index in [0.717, 1.165) is 47.3 Å². The molecule has 1 N–H and O–H groups in total. The summed E-state index contributed by atoms with van der Waals surface area (Å²) in [4.78, 5) is 11.7. The third kappa shape index (κ3) is 4.49. The van der Waals surface area contributed by atoms with Gasteiger partial charge in [-0.25, -0.2) is 4.79 Å². The predicted molar refractivity (Wildman–Crippen MR) is 109 cm³/mol. The molecule has 1 heterocycles. The lowest BCUT2D eigenvalue weighted by Crippen LogP contribution is -2.09. The van der Waals surface area contributed by atoms with E-state index < -0.39 is 5.97 Å². The van der Waals surface area contributed by atoms with Crippen LogP contribution in [0.1, 0.15) is 47.1 Å². The van der Waals surface area contributed by atoms with E-state index in [0.29, 0.717) is 18.7 Å². The van der Waals surface area contributed by atoms with Gasteiger partial charge < -0.3 is 9.84 Å². The molecule has 0 bridgehead atoms. The SMILES string of the molecule is CCCCc1cc(COC)n(Cc2ccccc2-c2ccccc2C(=O)O)n1. The average molecular weight is 378 g/mol. The zero-order valence-electron chi connectivity index (χ0n) is 16.4. The monoisotopic (exact) mass is 378 g/mol. The molecule has 0 aliphatic heterocycles. The molecular weight excluding hydrogens is 352 g/mol. The van der Waals surface area contributed by atoms with Gasteiger partial charge in [-0.1, -0.05) is 55.8 Å². The van der Waals surface area contributed by atoms with E-state index in [9.17, 15) is 9.90 Å². The zero-order chi connectivity index (χ0) is 19.9. The van der Waals surface area contributed by atoms with E-state index in [1.54, 1.807) is 19.2 Å². The first-order valence-electron chi connectivity index (χ1n) is 9.59. The summed E-state index contributed by atoms with van der Waals surface area (Å²) in [7, 11) is 1.68. The van der Waals surface area contributed by atoms with Crippen molar-refractivity contribution in [1.82, 2.24) is 9.78 Å². The Morgan fingerprint density at radius 2 is 1.82 bits per heavy atom. The summed E-state index contributed by atoms with van der Waals surface area (Å²) in [5.41, 5.74) is 5.05. The molecule has 146 valence electrons. The number of carbonyl (C=O) groups is 1. The van der Waals surface area contributed by atoms with Crippen LogP contribution in [0.5, 0.6) is 0 Å². The van der Waals surface area contributed by atoms with Crippen LogP contribution in [0, 0.1) is 0 Å². The topological polar surface area (TPSA) is 64.3 Å². The number of methoxy groups -OCH3 is 1. The van der Waals surface area contributed by atoms with Gasteiger partial charge in [-0.05, 0) is 41.7 Å². The lowest BCUT2D eigenvalue weighted by Gasteiger charge is -2.14. The maximum absolute atomic E-state index is 11.7. The molecule has 0 saturated carbocycles. The van der Waals surface area contributed by atoms with Gasteiger partial charge in [0, 0.05) is 7.11 Å². The third-order valence-electron chi connectivity index (χ3n) is 4.78. The predicted octanol–water partition coefficient (Wildman–Crippen LogP) is 4.79. The Labute approximate surface area is 165 Å². The molecule has 5 nitrogen and oxygen atoms in total. The van der Waals surface area contributed by atoms with Gasteiger partial charge in [-0.2, -0.15) is 5.10 Å². The Hall–Kier alpha value is -2.92. The van der Waals surface area contributed by atoms with Crippen LogP contribution in [0.2, 0.25) is 0 Å². The average Bonchev–Trinajstić information content (AvgIpc) is 3.08. The fraction of sp³-hybridized carbons (Fsp3) is 0.304. The minimum Gasteiger partial charge on any atom is -0.478 e. The van der Waals surface area contributed by atoms with Crippen molar-refractivity contribution in [3.63, 3.8) is 0 Å². The third-order valence-corrected chi connectivity index (χ3v) is 4.78. The molecule has 3 rings (SSSR count). The highest BCUT2D eigenvalue weighted by Gasteiger charge is 2.15. The minimum absolute atomic E-state index is 0.302. The standard InChI is InChI=1S/C23H26N2O3/c1-3-4-10-18-14-19(16-28-2)25(24-18)15-17-9-5-6-11-20(17)21-12-7-8-13-22(21)23(26)27/h5-9,11-14H,3-4,10,15-16H2,1-2H3,(H,26,27). The molecule has 2 aromatic carbocycles. The summed E-state index contributed by atoms with van der Waals surface area (Å²) in [5.74, 6) is -0.925. The highest BCUT2D eigenvalue weighted by atomic mass is 16.5. The molecule has 0 saturated heterocycles. The van der Waals surface area contributed by atoms with Crippen LogP contribution in [0.25, 0.3) is 11.1 Å². The number of benzene rings is 2. The van der Waals surface area contributed by atoms with E-state index in [4.69, 9.17) is 9.84 Å². The van der Waals surface area contributed by atoms with Crippen LogP contribution in [0.3, 0.4) is 0 Å². The van der Waals surface area contributed by atoms with E-state index in [2.05, 4.69) is 13.0 Å². The molecule has 0 aliphatic carbocycles. The van der Waals surface area contributed by atoms with E-state index in [1.807, 2.05) is 41.1 Å².